The number of amides is 1. The van der Waals surface area contributed by atoms with Crippen LogP contribution in [0.2, 0.25) is 0 Å². The fourth-order valence-electron chi connectivity index (χ4n) is 2.72. The summed E-state index contributed by atoms with van der Waals surface area (Å²) in [7, 11) is -3.15. The normalized spacial score (nSPS) is 17.7. The number of nitrogens with zero attached hydrogens (tertiary/aromatic N) is 2. The summed E-state index contributed by atoms with van der Waals surface area (Å²) in [4.78, 5) is 14.3. The number of hydrogen-bond donors (Lipinski definition) is 1. The van der Waals surface area contributed by atoms with Gasteiger partial charge in [0.05, 0.1) is 12.8 Å². The van der Waals surface area contributed by atoms with Crippen molar-refractivity contribution < 1.29 is 13.2 Å². The molecule has 0 saturated carbocycles. The molecular formula is C16H25N3O3S. The van der Waals surface area contributed by atoms with Crippen LogP contribution in [0.4, 0.5) is 5.69 Å². The van der Waals surface area contributed by atoms with E-state index in [4.69, 9.17) is 0 Å². The standard InChI is InChI=1S/C16H25N3O3S/c1-13-6-4-7-15(14(13)2)17-16(20)12-18-8-5-9-19(11-10-18)23(3,21)22/h4,6-7H,5,8-12H2,1-3H3,(H,17,20). The highest BCUT2D eigenvalue weighted by Crippen LogP contribution is 2.18. The van der Waals surface area contributed by atoms with Gasteiger partial charge in [0.25, 0.3) is 0 Å². The Labute approximate surface area is 138 Å². The van der Waals surface area contributed by atoms with Crippen LogP contribution >= 0.6 is 0 Å². The number of rotatable bonds is 4. The van der Waals surface area contributed by atoms with Gasteiger partial charge in [-0.15, -0.1) is 0 Å². The minimum atomic E-state index is -3.15. The van der Waals surface area contributed by atoms with Gasteiger partial charge in [-0.05, 0) is 44.0 Å². The Balaban J connectivity index is 1.92. The molecule has 128 valence electrons. The van der Waals surface area contributed by atoms with E-state index in [0.717, 1.165) is 29.8 Å². The molecule has 0 bridgehead atoms. The van der Waals surface area contributed by atoms with Crippen LogP contribution in [-0.2, 0) is 14.8 Å². The van der Waals surface area contributed by atoms with Crippen molar-refractivity contribution in [2.24, 2.45) is 0 Å². The average Bonchev–Trinajstić information content (AvgIpc) is 2.69. The lowest BCUT2D eigenvalue weighted by atomic mass is 10.1. The summed E-state index contributed by atoms with van der Waals surface area (Å²) in [5.41, 5.74) is 3.05. The van der Waals surface area contributed by atoms with Gasteiger partial charge in [0, 0.05) is 25.3 Å². The number of sulfonamides is 1. The maximum Gasteiger partial charge on any atom is 0.238 e. The lowest BCUT2D eigenvalue weighted by Gasteiger charge is -2.20. The molecule has 1 aliphatic rings. The van der Waals surface area contributed by atoms with E-state index in [2.05, 4.69) is 5.32 Å². The Hall–Kier alpha value is -1.44. The number of carbonyl (C=O) groups is 1. The van der Waals surface area contributed by atoms with E-state index in [9.17, 15) is 13.2 Å². The molecule has 1 heterocycles. The molecule has 7 heteroatoms. The van der Waals surface area contributed by atoms with Crippen LogP contribution in [-0.4, -0.2) is 62.5 Å². The van der Waals surface area contributed by atoms with Crippen LogP contribution < -0.4 is 5.32 Å². The maximum absolute atomic E-state index is 12.3. The van der Waals surface area contributed by atoms with Gasteiger partial charge in [0.1, 0.15) is 0 Å². The molecule has 2 rings (SSSR count). The molecule has 0 radical (unpaired) electrons. The molecular weight excluding hydrogens is 314 g/mol. The third-order valence-corrected chi connectivity index (χ3v) is 5.57. The molecule has 6 nitrogen and oxygen atoms in total. The zero-order valence-corrected chi connectivity index (χ0v) is 14.8. The third kappa shape index (κ3) is 5.02. The second-order valence-electron chi connectivity index (χ2n) is 6.09. The molecule has 1 saturated heterocycles. The number of benzene rings is 1. The lowest BCUT2D eigenvalue weighted by Crippen LogP contribution is -2.37. The van der Waals surface area contributed by atoms with Crippen molar-refractivity contribution in [3.05, 3.63) is 29.3 Å². The van der Waals surface area contributed by atoms with Gasteiger partial charge in [-0.3, -0.25) is 9.69 Å². The van der Waals surface area contributed by atoms with E-state index < -0.39 is 10.0 Å². The van der Waals surface area contributed by atoms with Gasteiger partial charge >= 0.3 is 0 Å². The van der Waals surface area contributed by atoms with Gasteiger partial charge in [0.15, 0.2) is 0 Å². The fraction of sp³-hybridized carbons (Fsp3) is 0.562. The zero-order chi connectivity index (χ0) is 17.0. The largest absolute Gasteiger partial charge is 0.325 e. The molecule has 0 unspecified atom stereocenters. The molecule has 0 aliphatic carbocycles. The average molecular weight is 339 g/mol. The van der Waals surface area contributed by atoms with E-state index in [-0.39, 0.29) is 12.5 Å². The Morgan fingerprint density at radius 3 is 2.61 bits per heavy atom. The molecule has 23 heavy (non-hydrogen) atoms. The molecule has 0 aromatic heterocycles. The van der Waals surface area contributed by atoms with Crippen LogP contribution in [0.25, 0.3) is 0 Å². The van der Waals surface area contributed by atoms with Gasteiger partial charge in [-0.2, -0.15) is 0 Å². The predicted octanol–water partition coefficient (Wildman–Crippen LogP) is 1.21. The molecule has 1 amide bonds. The van der Waals surface area contributed by atoms with Gasteiger partial charge in [0.2, 0.25) is 15.9 Å². The van der Waals surface area contributed by atoms with E-state index in [0.29, 0.717) is 19.6 Å². The highest BCUT2D eigenvalue weighted by Gasteiger charge is 2.22. The molecule has 1 aromatic carbocycles. The topological polar surface area (TPSA) is 69.7 Å². The Morgan fingerprint density at radius 2 is 1.91 bits per heavy atom. The second kappa shape index (κ2) is 7.42. The highest BCUT2D eigenvalue weighted by atomic mass is 32.2. The van der Waals surface area contributed by atoms with Crippen molar-refractivity contribution in [2.45, 2.75) is 20.3 Å². The van der Waals surface area contributed by atoms with Gasteiger partial charge in [-0.25, -0.2) is 12.7 Å². The lowest BCUT2D eigenvalue weighted by molar-refractivity contribution is -0.117. The second-order valence-corrected chi connectivity index (χ2v) is 8.07. The first-order valence-corrected chi connectivity index (χ1v) is 9.66. The zero-order valence-electron chi connectivity index (χ0n) is 14.0. The third-order valence-electron chi connectivity index (χ3n) is 4.26. The van der Waals surface area contributed by atoms with Crippen molar-refractivity contribution in [2.75, 3.05) is 44.3 Å². The quantitative estimate of drug-likeness (QED) is 0.895. The Morgan fingerprint density at radius 1 is 1.17 bits per heavy atom. The van der Waals surface area contributed by atoms with E-state index in [1.54, 1.807) is 0 Å². The van der Waals surface area contributed by atoms with Crippen molar-refractivity contribution in [3.8, 4) is 0 Å². The van der Waals surface area contributed by atoms with E-state index in [1.165, 1.54) is 10.6 Å². The minimum Gasteiger partial charge on any atom is -0.325 e. The van der Waals surface area contributed by atoms with Crippen molar-refractivity contribution in [1.82, 2.24) is 9.21 Å². The van der Waals surface area contributed by atoms with Crippen LogP contribution in [0.5, 0.6) is 0 Å². The van der Waals surface area contributed by atoms with E-state index >= 15 is 0 Å². The van der Waals surface area contributed by atoms with Crippen LogP contribution in [0.1, 0.15) is 17.5 Å². The molecule has 1 N–H and O–H groups in total. The number of anilines is 1. The summed E-state index contributed by atoms with van der Waals surface area (Å²) >= 11 is 0. The predicted molar refractivity (Wildman–Crippen MR) is 92.0 cm³/mol. The smallest absolute Gasteiger partial charge is 0.238 e. The minimum absolute atomic E-state index is 0.0634. The first kappa shape index (κ1) is 17.9. The summed E-state index contributed by atoms with van der Waals surface area (Å²) in [6.07, 6.45) is 1.97. The van der Waals surface area contributed by atoms with Gasteiger partial charge in [-0.1, -0.05) is 12.1 Å². The SMILES string of the molecule is Cc1cccc(NC(=O)CN2CCCN(S(C)(=O)=O)CC2)c1C. The Bertz CT molecular complexity index is 673. The molecule has 0 spiro atoms. The molecule has 1 aliphatic heterocycles. The fourth-order valence-corrected chi connectivity index (χ4v) is 3.59. The van der Waals surface area contributed by atoms with Crippen LogP contribution in [0.3, 0.4) is 0 Å². The summed E-state index contributed by atoms with van der Waals surface area (Å²) < 4.78 is 24.7. The van der Waals surface area contributed by atoms with Crippen molar-refractivity contribution in [3.63, 3.8) is 0 Å². The first-order valence-electron chi connectivity index (χ1n) is 7.81. The number of nitrogens with one attached hydrogen (secondary N) is 1. The molecule has 1 aromatic rings. The number of aryl methyl sites for hydroxylation is 1. The summed E-state index contributed by atoms with van der Waals surface area (Å²) in [6.45, 7) is 6.55. The van der Waals surface area contributed by atoms with Gasteiger partial charge < -0.3 is 5.32 Å². The Kier molecular flexibility index (Phi) is 5.78. The summed E-state index contributed by atoms with van der Waals surface area (Å²) in [6, 6.07) is 5.83. The van der Waals surface area contributed by atoms with Crippen molar-refractivity contribution >= 4 is 21.6 Å². The summed E-state index contributed by atoms with van der Waals surface area (Å²) in [5, 5.41) is 2.95. The van der Waals surface area contributed by atoms with Crippen molar-refractivity contribution in [1.29, 1.82) is 0 Å². The maximum atomic E-state index is 12.3. The van der Waals surface area contributed by atoms with Crippen LogP contribution in [0, 0.1) is 13.8 Å². The molecule has 0 atom stereocenters. The van der Waals surface area contributed by atoms with Crippen LogP contribution in [0.15, 0.2) is 18.2 Å². The summed E-state index contributed by atoms with van der Waals surface area (Å²) in [5.74, 6) is -0.0634. The van der Waals surface area contributed by atoms with E-state index in [1.807, 2.05) is 36.9 Å². The number of carbonyl (C=O) groups excluding carboxylic acids is 1. The number of hydrogen-bond acceptors (Lipinski definition) is 4. The highest BCUT2D eigenvalue weighted by molar-refractivity contribution is 7.88. The first-order chi connectivity index (χ1) is 10.8. The monoisotopic (exact) mass is 339 g/mol. The molecule has 1 fully saturated rings.